The summed E-state index contributed by atoms with van der Waals surface area (Å²) in [6.07, 6.45) is 7.47. The molecule has 0 atom stereocenters. The Labute approximate surface area is 167 Å². The molecule has 0 bridgehead atoms. The molecule has 0 radical (unpaired) electrons. The van der Waals surface area contributed by atoms with Gasteiger partial charge < -0.3 is 4.74 Å². The predicted octanol–water partition coefficient (Wildman–Crippen LogP) is 5.99. The summed E-state index contributed by atoms with van der Waals surface area (Å²) in [5, 5.41) is 8.77. The normalized spacial score (nSPS) is 11.2. The van der Waals surface area contributed by atoms with Crippen LogP contribution in [0.4, 0.5) is 0 Å². The van der Waals surface area contributed by atoms with Gasteiger partial charge in [0.2, 0.25) is 0 Å². The van der Waals surface area contributed by atoms with Gasteiger partial charge in [-0.15, -0.1) is 0 Å². The van der Waals surface area contributed by atoms with Gasteiger partial charge in [0.1, 0.15) is 0 Å². The molecule has 2 aromatic carbocycles. The quantitative estimate of drug-likeness (QED) is 0.281. The Morgan fingerprint density at radius 1 is 1.00 bits per heavy atom. The van der Waals surface area contributed by atoms with E-state index in [0.29, 0.717) is 5.57 Å². The van der Waals surface area contributed by atoms with Crippen molar-refractivity contribution in [1.29, 1.82) is 5.26 Å². The van der Waals surface area contributed by atoms with E-state index < -0.39 is 0 Å². The van der Waals surface area contributed by atoms with Crippen LogP contribution in [0, 0.1) is 11.3 Å². The fourth-order valence-corrected chi connectivity index (χ4v) is 2.21. The van der Waals surface area contributed by atoms with Crippen LogP contribution in [0.25, 0.3) is 11.6 Å². The van der Waals surface area contributed by atoms with E-state index in [-0.39, 0.29) is 5.97 Å². The minimum Gasteiger partial charge on any atom is -0.466 e. The van der Waals surface area contributed by atoms with Gasteiger partial charge in [-0.05, 0) is 42.2 Å². The summed E-state index contributed by atoms with van der Waals surface area (Å²) >= 11 is 0. The number of benzene rings is 2. The van der Waals surface area contributed by atoms with Gasteiger partial charge in [0.25, 0.3) is 0 Å². The Kier molecular flexibility index (Phi) is 10.1. The monoisotopic (exact) mass is 371 g/mol. The van der Waals surface area contributed by atoms with Crippen molar-refractivity contribution in [2.45, 2.75) is 13.8 Å². The Hall–Kier alpha value is -3.64. The van der Waals surface area contributed by atoms with Crippen LogP contribution in [0.15, 0.2) is 96.6 Å². The average molecular weight is 371 g/mol. The highest BCUT2D eigenvalue weighted by molar-refractivity contribution is 5.86. The van der Waals surface area contributed by atoms with E-state index in [1.165, 1.54) is 13.2 Å². The highest BCUT2D eigenvalue weighted by Gasteiger charge is 1.99. The van der Waals surface area contributed by atoms with E-state index in [0.717, 1.165) is 22.3 Å². The zero-order chi connectivity index (χ0) is 20.8. The van der Waals surface area contributed by atoms with Gasteiger partial charge in [0.05, 0.1) is 13.2 Å². The van der Waals surface area contributed by atoms with E-state index in [9.17, 15) is 4.79 Å². The second kappa shape index (κ2) is 12.7. The molecule has 0 spiro atoms. The molecule has 28 heavy (non-hydrogen) atoms. The SMILES string of the molecule is C=C(C)C(=O)OC.CC(=C(C=CC#N)C=Cc1ccccc1)c1ccccc1. The second-order valence-corrected chi connectivity index (χ2v) is 5.92. The lowest BCUT2D eigenvalue weighted by Gasteiger charge is -2.05. The number of ether oxygens (including phenoxy) is 1. The van der Waals surface area contributed by atoms with Crippen molar-refractivity contribution in [3.63, 3.8) is 0 Å². The maximum Gasteiger partial charge on any atom is 0.332 e. The zero-order valence-corrected chi connectivity index (χ0v) is 16.6. The molecule has 0 aliphatic rings. The van der Waals surface area contributed by atoms with Crippen LogP contribution in [0.3, 0.4) is 0 Å². The van der Waals surface area contributed by atoms with Crippen LogP contribution in [0.5, 0.6) is 0 Å². The largest absolute Gasteiger partial charge is 0.466 e. The van der Waals surface area contributed by atoms with Crippen LogP contribution >= 0.6 is 0 Å². The van der Waals surface area contributed by atoms with Crippen LogP contribution < -0.4 is 0 Å². The molecule has 0 saturated carbocycles. The lowest BCUT2D eigenvalue weighted by atomic mass is 10.00. The van der Waals surface area contributed by atoms with E-state index in [4.69, 9.17) is 5.26 Å². The van der Waals surface area contributed by atoms with Crippen molar-refractivity contribution < 1.29 is 9.53 Å². The summed E-state index contributed by atoms with van der Waals surface area (Å²) < 4.78 is 4.27. The summed E-state index contributed by atoms with van der Waals surface area (Å²) in [5.41, 5.74) is 4.91. The molecule has 0 saturated heterocycles. The lowest BCUT2D eigenvalue weighted by molar-refractivity contribution is -0.136. The number of nitrogens with zero attached hydrogens (tertiary/aromatic N) is 1. The second-order valence-electron chi connectivity index (χ2n) is 5.92. The summed E-state index contributed by atoms with van der Waals surface area (Å²) in [6, 6.07) is 22.4. The standard InChI is InChI=1S/C20H17N.C5H8O2/c1-17(19-11-6-3-7-12-19)20(13-8-16-21)15-14-18-9-4-2-5-10-18;1-4(2)5(6)7-3/h2-15H,1H3;1H2,2-3H3. The number of rotatable bonds is 5. The highest BCUT2D eigenvalue weighted by Crippen LogP contribution is 2.20. The highest BCUT2D eigenvalue weighted by atomic mass is 16.5. The molecule has 0 heterocycles. The molecule has 142 valence electrons. The Morgan fingerprint density at radius 2 is 1.57 bits per heavy atom. The van der Waals surface area contributed by atoms with Crippen molar-refractivity contribution >= 4 is 17.6 Å². The third-order valence-corrected chi connectivity index (χ3v) is 3.77. The third kappa shape index (κ3) is 8.16. The molecule has 0 N–H and O–H groups in total. The summed E-state index contributed by atoms with van der Waals surface area (Å²) in [6.45, 7) is 7.03. The van der Waals surface area contributed by atoms with Gasteiger partial charge in [-0.25, -0.2) is 4.79 Å². The first kappa shape index (κ1) is 22.4. The van der Waals surface area contributed by atoms with Crippen LogP contribution in [-0.2, 0) is 9.53 Å². The number of esters is 1. The number of allylic oxidation sites excluding steroid dienone is 5. The van der Waals surface area contributed by atoms with Crippen LogP contribution in [0.1, 0.15) is 25.0 Å². The first-order valence-corrected chi connectivity index (χ1v) is 8.79. The third-order valence-electron chi connectivity index (χ3n) is 3.77. The molecule has 0 aliphatic heterocycles. The number of methoxy groups -OCH3 is 1. The number of hydrogen-bond acceptors (Lipinski definition) is 3. The topological polar surface area (TPSA) is 50.1 Å². The fourth-order valence-electron chi connectivity index (χ4n) is 2.21. The summed E-state index contributed by atoms with van der Waals surface area (Å²) in [5.74, 6) is -0.347. The summed E-state index contributed by atoms with van der Waals surface area (Å²) in [7, 11) is 1.33. The van der Waals surface area contributed by atoms with Crippen molar-refractivity contribution in [2.75, 3.05) is 7.11 Å². The van der Waals surface area contributed by atoms with E-state index in [1.54, 1.807) is 6.92 Å². The van der Waals surface area contributed by atoms with E-state index >= 15 is 0 Å². The molecular formula is C25H25NO2. The number of nitriles is 1. The van der Waals surface area contributed by atoms with Crippen molar-refractivity contribution in [2.24, 2.45) is 0 Å². The zero-order valence-electron chi connectivity index (χ0n) is 16.6. The molecule has 2 aromatic rings. The minimum absolute atomic E-state index is 0.347. The molecule has 3 nitrogen and oxygen atoms in total. The van der Waals surface area contributed by atoms with Gasteiger partial charge in [-0.3, -0.25) is 0 Å². The average Bonchev–Trinajstić information content (AvgIpc) is 2.74. The lowest BCUT2D eigenvalue weighted by Crippen LogP contribution is -1.98. The number of carbonyl (C=O) groups excluding carboxylic acids is 1. The van der Waals surface area contributed by atoms with Gasteiger partial charge in [0, 0.05) is 11.6 Å². The maximum absolute atomic E-state index is 10.2. The fraction of sp³-hybridized carbons (Fsp3) is 0.120. The smallest absolute Gasteiger partial charge is 0.332 e. The molecular weight excluding hydrogens is 346 g/mol. The Balaban J connectivity index is 0.000000480. The van der Waals surface area contributed by atoms with E-state index in [1.807, 2.05) is 48.6 Å². The Morgan fingerprint density at radius 3 is 2.04 bits per heavy atom. The molecule has 2 rings (SSSR count). The maximum atomic E-state index is 10.2. The van der Waals surface area contributed by atoms with Gasteiger partial charge in [0.15, 0.2) is 0 Å². The Bertz CT molecular complexity index is 899. The number of carbonyl (C=O) groups is 1. The molecule has 0 aliphatic carbocycles. The van der Waals surface area contributed by atoms with Crippen molar-refractivity contribution in [3.05, 3.63) is 108 Å². The van der Waals surface area contributed by atoms with Crippen LogP contribution in [0.2, 0.25) is 0 Å². The molecule has 0 fully saturated rings. The molecule has 0 aromatic heterocycles. The summed E-state index contributed by atoms with van der Waals surface area (Å²) in [4.78, 5) is 10.2. The van der Waals surface area contributed by atoms with Gasteiger partial charge in [-0.2, -0.15) is 5.26 Å². The molecule has 0 amide bonds. The molecule has 3 heteroatoms. The van der Waals surface area contributed by atoms with Gasteiger partial charge in [-0.1, -0.05) is 79.4 Å². The van der Waals surface area contributed by atoms with Crippen molar-refractivity contribution in [1.82, 2.24) is 0 Å². The first-order chi connectivity index (χ1) is 13.5. The number of hydrogen-bond donors (Lipinski definition) is 0. The predicted molar refractivity (Wildman–Crippen MR) is 116 cm³/mol. The minimum atomic E-state index is -0.347. The van der Waals surface area contributed by atoms with Crippen LogP contribution in [-0.4, -0.2) is 13.1 Å². The van der Waals surface area contributed by atoms with Crippen molar-refractivity contribution in [3.8, 4) is 6.07 Å². The van der Waals surface area contributed by atoms with E-state index in [2.05, 4.69) is 54.7 Å². The molecule has 0 unspecified atom stereocenters. The van der Waals surface area contributed by atoms with Gasteiger partial charge >= 0.3 is 5.97 Å². The first-order valence-electron chi connectivity index (χ1n) is 8.79.